The van der Waals surface area contributed by atoms with E-state index in [-0.39, 0.29) is 12.5 Å². The molecule has 0 spiro atoms. The molecule has 0 saturated heterocycles. The van der Waals surface area contributed by atoms with Gasteiger partial charge in [0, 0.05) is 26.1 Å². The summed E-state index contributed by atoms with van der Waals surface area (Å²) in [5.74, 6) is 0.917. The van der Waals surface area contributed by atoms with Crippen LogP contribution in [0.3, 0.4) is 0 Å². The van der Waals surface area contributed by atoms with E-state index in [9.17, 15) is 4.79 Å². The number of hydrogen-bond donors (Lipinski definition) is 3. The highest BCUT2D eigenvalue weighted by atomic mass is 16.1. The normalized spacial score (nSPS) is 12.3. The molecular formula is C22H30N4O. The van der Waals surface area contributed by atoms with Gasteiger partial charge in [0.05, 0.1) is 6.54 Å². The van der Waals surface area contributed by atoms with Crippen molar-refractivity contribution in [3.8, 4) is 0 Å². The maximum Gasteiger partial charge on any atom is 0.239 e. The second-order valence-corrected chi connectivity index (χ2v) is 6.45. The van der Waals surface area contributed by atoms with Crippen LogP contribution in [0.25, 0.3) is 0 Å². The molecule has 2 aromatic carbocycles. The van der Waals surface area contributed by atoms with Gasteiger partial charge < -0.3 is 16.0 Å². The number of guanidine groups is 1. The van der Waals surface area contributed by atoms with E-state index in [1.807, 2.05) is 19.1 Å². The molecule has 1 atom stereocenters. The maximum atomic E-state index is 11.8. The van der Waals surface area contributed by atoms with Crippen LogP contribution in [0.2, 0.25) is 0 Å². The van der Waals surface area contributed by atoms with Gasteiger partial charge in [-0.2, -0.15) is 0 Å². The molecule has 0 bridgehead atoms. The molecule has 0 aliphatic rings. The number of nitrogens with zero attached hydrogens (tertiary/aromatic N) is 1. The molecule has 0 heterocycles. The van der Waals surface area contributed by atoms with Crippen LogP contribution >= 0.6 is 0 Å². The van der Waals surface area contributed by atoms with Gasteiger partial charge in [-0.1, -0.05) is 67.6 Å². The van der Waals surface area contributed by atoms with Crippen molar-refractivity contribution in [3.05, 3.63) is 71.8 Å². The quantitative estimate of drug-likeness (QED) is 0.472. The van der Waals surface area contributed by atoms with Gasteiger partial charge in [0.25, 0.3) is 0 Å². The average molecular weight is 367 g/mol. The van der Waals surface area contributed by atoms with Crippen molar-refractivity contribution in [1.82, 2.24) is 16.0 Å². The molecule has 2 aromatic rings. The summed E-state index contributed by atoms with van der Waals surface area (Å²) in [6, 6.07) is 21.0. The molecule has 1 amide bonds. The van der Waals surface area contributed by atoms with E-state index < -0.39 is 0 Å². The zero-order chi connectivity index (χ0) is 19.3. The summed E-state index contributed by atoms with van der Waals surface area (Å²) in [6.07, 6.45) is 1.86. The summed E-state index contributed by atoms with van der Waals surface area (Å²) in [4.78, 5) is 16.0. The van der Waals surface area contributed by atoms with Gasteiger partial charge in [-0.25, -0.2) is 0 Å². The first-order chi connectivity index (χ1) is 13.2. The lowest BCUT2D eigenvalue weighted by Gasteiger charge is -2.20. The van der Waals surface area contributed by atoms with Crippen molar-refractivity contribution < 1.29 is 4.79 Å². The second-order valence-electron chi connectivity index (χ2n) is 6.45. The van der Waals surface area contributed by atoms with E-state index in [1.54, 1.807) is 7.05 Å². The van der Waals surface area contributed by atoms with Crippen LogP contribution < -0.4 is 16.0 Å². The Morgan fingerprint density at radius 1 is 0.963 bits per heavy atom. The fraction of sp³-hybridized carbons (Fsp3) is 0.364. The highest BCUT2D eigenvalue weighted by Gasteiger charge is 2.13. The molecule has 2 rings (SSSR count). The smallest absolute Gasteiger partial charge is 0.239 e. The Balaban J connectivity index is 1.95. The molecule has 0 aliphatic carbocycles. The number of carbonyl (C=O) groups excluding carboxylic acids is 1. The van der Waals surface area contributed by atoms with Gasteiger partial charge in [0.2, 0.25) is 5.91 Å². The molecule has 0 aromatic heterocycles. The van der Waals surface area contributed by atoms with Gasteiger partial charge in [0.1, 0.15) is 0 Å². The van der Waals surface area contributed by atoms with Crippen LogP contribution in [0.4, 0.5) is 0 Å². The van der Waals surface area contributed by atoms with Gasteiger partial charge >= 0.3 is 0 Å². The highest BCUT2D eigenvalue weighted by Crippen LogP contribution is 2.20. The minimum atomic E-state index is -0.0244. The maximum absolute atomic E-state index is 11.8. The third kappa shape index (κ3) is 7.52. The highest BCUT2D eigenvalue weighted by molar-refractivity contribution is 5.86. The molecule has 0 radical (unpaired) electrons. The van der Waals surface area contributed by atoms with E-state index >= 15 is 0 Å². The topological polar surface area (TPSA) is 65.5 Å². The molecular weight excluding hydrogens is 336 g/mol. The first kappa shape index (κ1) is 20.5. The number of aliphatic imine (C=N–C) groups is 1. The Hall–Kier alpha value is -2.82. The Kier molecular flexibility index (Phi) is 8.90. The Morgan fingerprint density at radius 2 is 1.63 bits per heavy atom. The number of benzene rings is 2. The lowest BCUT2D eigenvalue weighted by molar-refractivity contribution is -0.120. The molecule has 5 heteroatoms. The molecule has 144 valence electrons. The van der Waals surface area contributed by atoms with Gasteiger partial charge in [-0.15, -0.1) is 0 Å². The van der Waals surface area contributed by atoms with Crippen molar-refractivity contribution in [3.63, 3.8) is 0 Å². The number of nitrogens with one attached hydrogen (secondary N) is 3. The summed E-state index contributed by atoms with van der Waals surface area (Å²) in [7, 11) is 1.72. The van der Waals surface area contributed by atoms with Crippen LogP contribution in [0.5, 0.6) is 0 Å². The second kappa shape index (κ2) is 11.7. The largest absolute Gasteiger partial charge is 0.356 e. The molecule has 0 fully saturated rings. The number of carbonyl (C=O) groups is 1. The van der Waals surface area contributed by atoms with E-state index in [4.69, 9.17) is 0 Å². The lowest BCUT2D eigenvalue weighted by atomic mass is 9.92. The van der Waals surface area contributed by atoms with Crippen molar-refractivity contribution in [2.45, 2.75) is 25.7 Å². The molecule has 0 saturated carbocycles. The molecule has 1 unspecified atom stereocenters. The zero-order valence-corrected chi connectivity index (χ0v) is 16.2. The van der Waals surface area contributed by atoms with Gasteiger partial charge in [-0.05, 0) is 24.0 Å². The number of amides is 1. The summed E-state index contributed by atoms with van der Waals surface area (Å²) < 4.78 is 0. The Bertz CT molecular complexity index is 701. The van der Waals surface area contributed by atoms with E-state index in [1.165, 1.54) is 11.1 Å². The summed E-state index contributed by atoms with van der Waals surface area (Å²) in [5.41, 5.74) is 2.58. The first-order valence-corrected chi connectivity index (χ1v) is 9.53. The third-order valence-electron chi connectivity index (χ3n) is 4.32. The minimum absolute atomic E-state index is 0.0244. The van der Waals surface area contributed by atoms with Gasteiger partial charge in [-0.3, -0.25) is 9.79 Å². The number of hydrogen-bond acceptors (Lipinski definition) is 2. The van der Waals surface area contributed by atoms with E-state index in [2.05, 4.69) is 69.5 Å². The van der Waals surface area contributed by atoms with E-state index in [0.717, 1.165) is 19.4 Å². The first-order valence-electron chi connectivity index (χ1n) is 9.53. The van der Waals surface area contributed by atoms with Crippen molar-refractivity contribution in [1.29, 1.82) is 0 Å². The average Bonchev–Trinajstić information content (AvgIpc) is 2.72. The molecule has 0 aliphatic heterocycles. The number of rotatable bonds is 9. The Morgan fingerprint density at radius 3 is 2.26 bits per heavy atom. The molecule has 27 heavy (non-hydrogen) atoms. The lowest BCUT2D eigenvalue weighted by Crippen LogP contribution is -2.44. The van der Waals surface area contributed by atoms with Crippen molar-refractivity contribution >= 4 is 11.9 Å². The predicted octanol–water partition coefficient (Wildman–Crippen LogP) is 2.70. The van der Waals surface area contributed by atoms with Crippen molar-refractivity contribution in [2.24, 2.45) is 4.99 Å². The van der Waals surface area contributed by atoms with Crippen molar-refractivity contribution in [2.75, 3.05) is 26.7 Å². The van der Waals surface area contributed by atoms with Crippen LogP contribution in [0.15, 0.2) is 65.7 Å². The predicted molar refractivity (Wildman–Crippen MR) is 112 cm³/mol. The molecule has 5 nitrogen and oxygen atoms in total. The van der Waals surface area contributed by atoms with Crippen LogP contribution in [0, 0.1) is 0 Å². The van der Waals surface area contributed by atoms with Crippen LogP contribution in [-0.4, -0.2) is 38.5 Å². The fourth-order valence-electron chi connectivity index (χ4n) is 2.86. The summed E-state index contributed by atoms with van der Waals surface area (Å²) in [6.45, 7) is 3.67. The zero-order valence-electron chi connectivity index (χ0n) is 16.2. The SMILES string of the molecule is CCCNC(=O)CNC(=NC)NCC(Cc1ccccc1)c1ccccc1. The minimum Gasteiger partial charge on any atom is -0.356 e. The molecule has 3 N–H and O–H groups in total. The summed E-state index contributed by atoms with van der Waals surface area (Å²) >= 11 is 0. The monoisotopic (exact) mass is 366 g/mol. The van der Waals surface area contributed by atoms with Crippen LogP contribution in [0.1, 0.15) is 30.4 Å². The van der Waals surface area contributed by atoms with E-state index in [0.29, 0.717) is 18.4 Å². The Labute approximate surface area is 162 Å². The van der Waals surface area contributed by atoms with Gasteiger partial charge in [0.15, 0.2) is 5.96 Å². The summed E-state index contributed by atoms with van der Waals surface area (Å²) in [5, 5.41) is 9.29. The van der Waals surface area contributed by atoms with Crippen LogP contribution in [-0.2, 0) is 11.2 Å². The third-order valence-corrected chi connectivity index (χ3v) is 4.32. The standard InChI is InChI=1S/C22H30N4O/c1-3-14-24-21(27)17-26-22(23-2)25-16-20(19-12-8-5-9-13-19)15-18-10-6-4-7-11-18/h4-13,20H,3,14-17H2,1-2H3,(H,24,27)(H2,23,25,26). The fourth-order valence-corrected chi connectivity index (χ4v) is 2.86.